The largest absolute Gasteiger partial charge is 0.382 e. The number of hydrogen-bond donors (Lipinski definition) is 1. The van der Waals surface area contributed by atoms with Crippen LogP contribution in [-0.2, 0) is 0 Å². The molecule has 0 bridgehead atoms. The second-order valence-electron chi connectivity index (χ2n) is 6.18. The highest BCUT2D eigenvalue weighted by Crippen LogP contribution is 2.27. The molecule has 1 aromatic carbocycles. The van der Waals surface area contributed by atoms with Gasteiger partial charge in [-0.1, -0.05) is 18.2 Å². The van der Waals surface area contributed by atoms with E-state index in [4.69, 9.17) is 0 Å². The van der Waals surface area contributed by atoms with E-state index in [9.17, 15) is 5.11 Å². The van der Waals surface area contributed by atoms with Crippen molar-refractivity contribution in [1.82, 2.24) is 9.38 Å². The van der Waals surface area contributed by atoms with Crippen molar-refractivity contribution in [1.29, 1.82) is 0 Å². The summed E-state index contributed by atoms with van der Waals surface area (Å²) >= 11 is 0. The molecule has 4 rings (SSSR count). The van der Waals surface area contributed by atoms with Crippen LogP contribution in [0.3, 0.4) is 0 Å². The molecule has 0 spiro atoms. The summed E-state index contributed by atoms with van der Waals surface area (Å²) in [4.78, 5) is 6.59. The summed E-state index contributed by atoms with van der Waals surface area (Å²) in [6.45, 7) is 2.22. The molecule has 2 aromatic heterocycles. The average molecular weight is 307 g/mol. The zero-order chi connectivity index (χ0) is 15.6. The Morgan fingerprint density at radius 2 is 1.83 bits per heavy atom. The number of imidazole rings is 1. The van der Waals surface area contributed by atoms with Crippen molar-refractivity contribution in [2.75, 3.05) is 18.0 Å². The fraction of sp³-hybridized carbons (Fsp3) is 0.316. The van der Waals surface area contributed by atoms with Crippen molar-refractivity contribution in [3.63, 3.8) is 0 Å². The fourth-order valence-electron chi connectivity index (χ4n) is 3.41. The van der Waals surface area contributed by atoms with Gasteiger partial charge in [-0.2, -0.15) is 0 Å². The number of aliphatic hydroxyl groups excluding tert-OH is 1. The van der Waals surface area contributed by atoms with Gasteiger partial charge in [0.25, 0.3) is 0 Å². The maximum Gasteiger partial charge on any atom is 0.119 e. The molecule has 23 heavy (non-hydrogen) atoms. The molecule has 0 amide bonds. The summed E-state index contributed by atoms with van der Waals surface area (Å²) in [5, 5.41) is 10.9. The molecule has 1 N–H and O–H groups in total. The standard InChI is InChI=1S/C19H21N3O/c23-19(18-9-5-8-17-13-20-14-22(17)18)15-6-4-7-16(12-15)21-10-2-1-3-11-21/h4-9,12-14,19,23H,1-3,10-11H2. The van der Waals surface area contributed by atoms with E-state index in [-0.39, 0.29) is 0 Å². The van der Waals surface area contributed by atoms with Gasteiger partial charge in [0, 0.05) is 18.8 Å². The molecule has 3 heterocycles. The number of aliphatic hydroxyl groups is 1. The Hall–Kier alpha value is -2.33. The maximum absolute atomic E-state index is 10.9. The first-order valence-corrected chi connectivity index (χ1v) is 8.27. The molecule has 1 atom stereocenters. The highest BCUT2D eigenvalue weighted by molar-refractivity contribution is 5.51. The van der Waals surface area contributed by atoms with Gasteiger partial charge < -0.3 is 14.4 Å². The number of rotatable bonds is 3. The number of nitrogens with zero attached hydrogens (tertiary/aromatic N) is 3. The molecule has 1 fully saturated rings. The second-order valence-corrected chi connectivity index (χ2v) is 6.18. The molecule has 118 valence electrons. The van der Waals surface area contributed by atoms with Crippen LogP contribution in [0.2, 0.25) is 0 Å². The van der Waals surface area contributed by atoms with Gasteiger partial charge in [0.15, 0.2) is 0 Å². The summed E-state index contributed by atoms with van der Waals surface area (Å²) in [6.07, 6.45) is 6.73. The van der Waals surface area contributed by atoms with E-state index in [2.05, 4.69) is 22.0 Å². The zero-order valence-corrected chi connectivity index (χ0v) is 13.1. The predicted molar refractivity (Wildman–Crippen MR) is 91.8 cm³/mol. The molecule has 1 aliphatic heterocycles. The molecule has 0 aliphatic carbocycles. The first-order valence-electron chi connectivity index (χ1n) is 8.27. The van der Waals surface area contributed by atoms with Crippen molar-refractivity contribution in [3.05, 3.63) is 66.2 Å². The van der Waals surface area contributed by atoms with Crippen molar-refractivity contribution in [2.45, 2.75) is 25.4 Å². The van der Waals surface area contributed by atoms with Gasteiger partial charge in [-0.25, -0.2) is 4.98 Å². The van der Waals surface area contributed by atoms with Crippen molar-refractivity contribution in [2.24, 2.45) is 0 Å². The van der Waals surface area contributed by atoms with Crippen LogP contribution in [0.25, 0.3) is 5.52 Å². The number of hydrogen-bond acceptors (Lipinski definition) is 3. The SMILES string of the molecule is OC(c1cccc(N2CCCCC2)c1)c1cccc2cncn12. The fourth-order valence-corrected chi connectivity index (χ4v) is 3.41. The molecule has 1 aliphatic rings. The number of anilines is 1. The lowest BCUT2D eigenvalue weighted by Gasteiger charge is -2.29. The quantitative estimate of drug-likeness (QED) is 0.806. The Kier molecular flexibility index (Phi) is 3.75. The van der Waals surface area contributed by atoms with E-state index in [1.807, 2.05) is 34.7 Å². The van der Waals surface area contributed by atoms with Crippen LogP contribution in [0.1, 0.15) is 36.6 Å². The summed E-state index contributed by atoms with van der Waals surface area (Å²) in [7, 11) is 0. The Balaban J connectivity index is 1.68. The smallest absolute Gasteiger partial charge is 0.119 e. The van der Waals surface area contributed by atoms with Gasteiger partial charge in [0.1, 0.15) is 6.10 Å². The third kappa shape index (κ3) is 2.70. The second kappa shape index (κ2) is 6.05. The molecule has 1 unspecified atom stereocenters. The minimum absolute atomic E-state index is 0.655. The van der Waals surface area contributed by atoms with E-state index in [1.165, 1.54) is 24.9 Å². The number of fused-ring (bicyclic) bond motifs is 1. The maximum atomic E-state index is 10.9. The van der Waals surface area contributed by atoms with E-state index in [1.54, 1.807) is 12.5 Å². The van der Waals surface area contributed by atoms with Crippen LogP contribution in [0.5, 0.6) is 0 Å². The molecule has 0 radical (unpaired) electrons. The Morgan fingerprint density at radius 3 is 2.70 bits per heavy atom. The van der Waals surface area contributed by atoms with Gasteiger partial charge in [-0.05, 0) is 49.1 Å². The minimum Gasteiger partial charge on any atom is -0.382 e. The van der Waals surface area contributed by atoms with Gasteiger partial charge in [0.2, 0.25) is 0 Å². The lowest BCUT2D eigenvalue weighted by molar-refractivity contribution is 0.214. The van der Waals surface area contributed by atoms with Crippen LogP contribution in [-0.4, -0.2) is 27.6 Å². The van der Waals surface area contributed by atoms with Gasteiger partial charge in [0.05, 0.1) is 23.7 Å². The Labute approximate surface area is 136 Å². The van der Waals surface area contributed by atoms with Crippen molar-refractivity contribution >= 4 is 11.2 Å². The molecule has 0 saturated carbocycles. The average Bonchev–Trinajstić information content (AvgIpc) is 3.11. The van der Waals surface area contributed by atoms with Gasteiger partial charge in [-0.3, -0.25) is 0 Å². The molecule has 4 nitrogen and oxygen atoms in total. The molecular weight excluding hydrogens is 286 g/mol. The van der Waals surface area contributed by atoms with Gasteiger partial charge in [-0.15, -0.1) is 0 Å². The van der Waals surface area contributed by atoms with Crippen LogP contribution < -0.4 is 4.90 Å². The lowest BCUT2D eigenvalue weighted by atomic mass is 10.0. The van der Waals surface area contributed by atoms with Crippen LogP contribution in [0, 0.1) is 0 Å². The zero-order valence-electron chi connectivity index (χ0n) is 13.1. The number of piperidine rings is 1. The third-order valence-corrected chi connectivity index (χ3v) is 4.67. The summed E-state index contributed by atoms with van der Waals surface area (Å²) in [5.41, 5.74) is 3.97. The Morgan fingerprint density at radius 1 is 1.00 bits per heavy atom. The number of benzene rings is 1. The highest BCUT2D eigenvalue weighted by atomic mass is 16.3. The number of aromatic nitrogens is 2. The molecule has 1 saturated heterocycles. The summed E-state index contributed by atoms with van der Waals surface area (Å²) < 4.78 is 1.94. The normalized spacial score (nSPS) is 16.7. The minimum atomic E-state index is -0.655. The molecular formula is C19H21N3O. The van der Waals surface area contributed by atoms with Crippen LogP contribution in [0.4, 0.5) is 5.69 Å². The summed E-state index contributed by atoms with van der Waals surface area (Å²) in [6, 6.07) is 14.2. The Bertz CT molecular complexity index is 805. The van der Waals surface area contributed by atoms with E-state index < -0.39 is 6.10 Å². The highest BCUT2D eigenvalue weighted by Gasteiger charge is 2.16. The van der Waals surface area contributed by atoms with Crippen LogP contribution in [0.15, 0.2) is 55.0 Å². The predicted octanol–water partition coefficient (Wildman–Crippen LogP) is 3.41. The van der Waals surface area contributed by atoms with E-state index >= 15 is 0 Å². The first-order chi connectivity index (χ1) is 11.3. The third-order valence-electron chi connectivity index (χ3n) is 4.67. The van der Waals surface area contributed by atoms with Crippen molar-refractivity contribution < 1.29 is 5.11 Å². The first kappa shape index (κ1) is 14.3. The van der Waals surface area contributed by atoms with Gasteiger partial charge >= 0.3 is 0 Å². The van der Waals surface area contributed by atoms with E-state index in [0.29, 0.717) is 0 Å². The monoisotopic (exact) mass is 307 g/mol. The lowest BCUT2D eigenvalue weighted by Crippen LogP contribution is -2.29. The number of pyridine rings is 1. The topological polar surface area (TPSA) is 40.8 Å². The molecule has 3 aromatic rings. The summed E-state index contributed by atoms with van der Waals surface area (Å²) in [5.74, 6) is 0. The van der Waals surface area contributed by atoms with E-state index in [0.717, 1.165) is 29.9 Å². The molecule has 4 heteroatoms. The van der Waals surface area contributed by atoms with Crippen LogP contribution >= 0.6 is 0 Å². The van der Waals surface area contributed by atoms with Crippen molar-refractivity contribution in [3.8, 4) is 0 Å².